The van der Waals surface area contributed by atoms with Gasteiger partial charge in [0.1, 0.15) is 18.3 Å². The SMILES string of the molecule is COc1ccc(N(CC(=O)N(Cc2cccc(Br)c2)C(C)C(=O)NC(C)(C)C)S(C)(=O)=O)cc1. The lowest BCUT2D eigenvalue weighted by Gasteiger charge is -2.33. The lowest BCUT2D eigenvalue weighted by atomic mass is 10.1. The Hall–Kier alpha value is -2.59. The molecule has 0 fully saturated rings. The molecule has 186 valence electrons. The number of nitrogens with zero attached hydrogens (tertiary/aromatic N) is 2. The minimum absolute atomic E-state index is 0.136. The third kappa shape index (κ3) is 8.02. The molecule has 2 aromatic carbocycles. The van der Waals surface area contributed by atoms with Crippen LogP contribution in [0.5, 0.6) is 5.75 Å². The molecule has 0 aliphatic rings. The van der Waals surface area contributed by atoms with Gasteiger partial charge < -0.3 is 15.0 Å². The van der Waals surface area contributed by atoms with Crippen molar-refractivity contribution >= 4 is 43.5 Å². The summed E-state index contributed by atoms with van der Waals surface area (Å²) in [7, 11) is -2.27. The van der Waals surface area contributed by atoms with E-state index in [2.05, 4.69) is 21.2 Å². The van der Waals surface area contributed by atoms with Crippen molar-refractivity contribution in [3.63, 3.8) is 0 Å². The molecule has 0 spiro atoms. The fourth-order valence-corrected chi connectivity index (χ4v) is 4.55. The Morgan fingerprint density at radius 1 is 1.12 bits per heavy atom. The molecule has 2 rings (SSSR count). The van der Waals surface area contributed by atoms with Gasteiger partial charge in [0, 0.05) is 16.6 Å². The maximum Gasteiger partial charge on any atom is 0.244 e. The normalized spacial score (nSPS) is 12.6. The van der Waals surface area contributed by atoms with Crippen LogP contribution >= 0.6 is 15.9 Å². The number of benzene rings is 2. The van der Waals surface area contributed by atoms with Crippen molar-refractivity contribution in [2.75, 3.05) is 24.2 Å². The van der Waals surface area contributed by atoms with Gasteiger partial charge in [-0.05, 0) is 69.7 Å². The molecular formula is C24H32BrN3O5S. The number of halogens is 1. The van der Waals surface area contributed by atoms with Crippen molar-refractivity contribution in [2.45, 2.75) is 45.8 Å². The number of carbonyl (C=O) groups excluding carboxylic acids is 2. The van der Waals surface area contributed by atoms with Crippen LogP contribution in [0.1, 0.15) is 33.3 Å². The molecule has 10 heteroatoms. The topological polar surface area (TPSA) is 96.0 Å². The van der Waals surface area contributed by atoms with Crippen LogP contribution in [0.4, 0.5) is 5.69 Å². The molecule has 2 aromatic rings. The Morgan fingerprint density at radius 2 is 1.74 bits per heavy atom. The summed E-state index contributed by atoms with van der Waals surface area (Å²) in [5.74, 6) is -0.267. The predicted octanol–water partition coefficient (Wildman–Crippen LogP) is 3.56. The summed E-state index contributed by atoms with van der Waals surface area (Å²) in [5, 5.41) is 2.89. The van der Waals surface area contributed by atoms with E-state index in [0.717, 1.165) is 20.6 Å². The molecule has 0 radical (unpaired) electrons. The molecule has 0 aliphatic heterocycles. The molecule has 0 saturated carbocycles. The van der Waals surface area contributed by atoms with E-state index in [4.69, 9.17) is 4.74 Å². The van der Waals surface area contributed by atoms with Crippen LogP contribution < -0.4 is 14.4 Å². The van der Waals surface area contributed by atoms with Crippen molar-refractivity contribution in [1.29, 1.82) is 0 Å². The second-order valence-corrected chi connectivity index (χ2v) is 11.9. The fourth-order valence-electron chi connectivity index (χ4n) is 3.25. The van der Waals surface area contributed by atoms with E-state index in [-0.39, 0.29) is 12.5 Å². The first-order chi connectivity index (χ1) is 15.7. The number of ether oxygens (including phenoxy) is 1. The van der Waals surface area contributed by atoms with Crippen molar-refractivity contribution in [3.05, 3.63) is 58.6 Å². The number of nitrogens with one attached hydrogen (secondary N) is 1. The second kappa shape index (κ2) is 11.2. The quantitative estimate of drug-likeness (QED) is 0.512. The molecule has 0 aromatic heterocycles. The highest BCUT2D eigenvalue weighted by Crippen LogP contribution is 2.23. The van der Waals surface area contributed by atoms with E-state index < -0.39 is 34.1 Å². The van der Waals surface area contributed by atoms with Gasteiger partial charge in [-0.3, -0.25) is 13.9 Å². The van der Waals surface area contributed by atoms with Gasteiger partial charge in [0.2, 0.25) is 21.8 Å². The molecule has 1 atom stereocenters. The molecule has 34 heavy (non-hydrogen) atoms. The van der Waals surface area contributed by atoms with E-state index in [9.17, 15) is 18.0 Å². The maximum atomic E-state index is 13.5. The molecule has 1 N–H and O–H groups in total. The van der Waals surface area contributed by atoms with Gasteiger partial charge in [-0.15, -0.1) is 0 Å². The van der Waals surface area contributed by atoms with Crippen molar-refractivity contribution < 1.29 is 22.7 Å². The molecule has 0 heterocycles. The minimum Gasteiger partial charge on any atom is -0.497 e. The van der Waals surface area contributed by atoms with Crippen molar-refractivity contribution in [2.24, 2.45) is 0 Å². The van der Waals surface area contributed by atoms with Gasteiger partial charge in [-0.1, -0.05) is 28.1 Å². The highest BCUT2D eigenvalue weighted by atomic mass is 79.9. The summed E-state index contributed by atoms with van der Waals surface area (Å²) >= 11 is 3.42. The van der Waals surface area contributed by atoms with Gasteiger partial charge in [0.25, 0.3) is 0 Å². The number of amides is 2. The zero-order valence-corrected chi connectivity index (χ0v) is 22.7. The maximum absolute atomic E-state index is 13.5. The van der Waals surface area contributed by atoms with Crippen LogP contribution in [0, 0.1) is 0 Å². The minimum atomic E-state index is -3.78. The van der Waals surface area contributed by atoms with Crippen molar-refractivity contribution in [3.8, 4) is 5.75 Å². The zero-order valence-electron chi connectivity index (χ0n) is 20.3. The van der Waals surface area contributed by atoms with Gasteiger partial charge in [-0.2, -0.15) is 0 Å². The highest BCUT2D eigenvalue weighted by Gasteiger charge is 2.31. The van der Waals surface area contributed by atoms with Crippen LogP contribution in [-0.4, -0.2) is 56.6 Å². The van der Waals surface area contributed by atoms with Gasteiger partial charge in [-0.25, -0.2) is 8.42 Å². The molecule has 0 saturated heterocycles. The second-order valence-electron chi connectivity index (χ2n) is 9.03. The number of rotatable bonds is 9. The third-order valence-electron chi connectivity index (χ3n) is 4.95. The Balaban J connectivity index is 2.39. The average molecular weight is 555 g/mol. The number of sulfonamides is 1. The Bertz CT molecular complexity index is 1110. The molecule has 0 aliphatic carbocycles. The summed E-state index contributed by atoms with van der Waals surface area (Å²) < 4.78 is 32.1. The number of carbonyl (C=O) groups is 2. The van der Waals surface area contributed by atoms with E-state index in [1.807, 2.05) is 45.0 Å². The number of hydrogen-bond donors (Lipinski definition) is 1. The van der Waals surface area contributed by atoms with E-state index in [0.29, 0.717) is 11.4 Å². The predicted molar refractivity (Wildman–Crippen MR) is 137 cm³/mol. The summed E-state index contributed by atoms with van der Waals surface area (Å²) in [4.78, 5) is 27.8. The van der Waals surface area contributed by atoms with Crippen LogP contribution in [-0.2, 0) is 26.2 Å². The van der Waals surface area contributed by atoms with Gasteiger partial charge >= 0.3 is 0 Å². The largest absolute Gasteiger partial charge is 0.497 e. The Labute approximate surface area is 210 Å². The first-order valence-corrected chi connectivity index (χ1v) is 13.3. The van der Waals surface area contributed by atoms with Crippen LogP contribution in [0.2, 0.25) is 0 Å². The molecule has 8 nitrogen and oxygen atoms in total. The first kappa shape index (κ1) is 27.7. The number of methoxy groups -OCH3 is 1. The van der Waals surface area contributed by atoms with E-state index in [1.165, 1.54) is 12.0 Å². The smallest absolute Gasteiger partial charge is 0.244 e. The van der Waals surface area contributed by atoms with Crippen LogP contribution in [0.3, 0.4) is 0 Å². The summed E-state index contributed by atoms with van der Waals surface area (Å²) in [5.41, 5.74) is 0.636. The summed E-state index contributed by atoms with van der Waals surface area (Å²) in [6.07, 6.45) is 1.04. The fraction of sp³-hybridized carbons (Fsp3) is 0.417. The monoisotopic (exact) mass is 553 g/mol. The lowest BCUT2D eigenvalue weighted by Crippen LogP contribution is -2.54. The molecule has 0 bridgehead atoms. The third-order valence-corrected chi connectivity index (χ3v) is 6.58. The molecular weight excluding hydrogens is 522 g/mol. The van der Waals surface area contributed by atoms with Gasteiger partial charge in [0.05, 0.1) is 19.1 Å². The zero-order chi connectivity index (χ0) is 25.7. The van der Waals surface area contributed by atoms with Crippen LogP contribution in [0.15, 0.2) is 53.0 Å². The van der Waals surface area contributed by atoms with E-state index in [1.54, 1.807) is 31.2 Å². The number of anilines is 1. The Morgan fingerprint density at radius 3 is 2.24 bits per heavy atom. The Kier molecular flexibility index (Phi) is 9.13. The summed E-state index contributed by atoms with van der Waals surface area (Å²) in [6, 6.07) is 12.9. The lowest BCUT2D eigenvalue weighted by molar-refractivity contribution is -0.140. The number of hydrogen-bond acceptors (Lipinski definition) is 5. The van der Waals surface area contributed by atoms with E-state index >= 15 is 0 Å². The molecule has 2 amide bonds. The molecule has 1 unspecified atom stereocenters. The van der Waals surface area contributed by atoms with Crippen LogP contribution in [0.25, 0.3) is 0 Å². The highest BCUT2D eigenvalue weighted by molar-refractivity contribution is 9.10. The van der Waals surface area contributed by atoms with Gasteiger partial charge in [0.15, 0.2) is 0 Å². The van der Waals surface area contributed by atoms with Crippen molar-refractivity contribution in [1.82, 2.24) is 10.2 Å². The average Bonchev–Trinajstić information content (AvgIpc) is 2.73. The first-order valence-electron chi connectivity index (χ1n) is 10.7. The standard InChI is InChI=1S/C24H32BrN3O5S/c1-17(23(30)26-24(2,3)4)27(15-18-8-7-9-19(25)14-18)22(29)16-28(34(6,31)32)20-10-12-21(33-5)13-11-20/h7-14,17H,15-16H2,1-6H3,(H,26,30). The summed E-state index contributed by atoms with van der Waals surface area (Å²) in [6.45, 7) is 6.88.